The molecule has 2 rings (SSSR count). The van der Waals surface area contributed by atoms with Crippen LogP contribution >= 0.6 is 0 Å². The quantitative estimate of drug-likeness (QED) is 0.749. The molecule has 1 heterocycles. The van der Waals surface area contributed by atoms with E-state index in [-0.39, 0.29) is 17.3 Å². The van der Waals surface area contributed by atoms with Crippen LogP contribution in [0.5, 0.6) is 0 Å². The van der Waals surface area contributed by atoms with Gasteiger partial charge in [0, 0.05) is 17.8 Å². The highest BCUT2D eigenvalue weighted by Gasteiger charge is 2.13. The van der Waals surface area contributed by atoms with Gasteiger partial charge in [-0.15, -0.1) is 6.58 Å². The molecule has 0 radical (unpaired) electrons. The molecule has 0 aliphatic heterocycles. The molecule has 7 heteroatoms. The van der Waals surface area contributed by atoms with Crippen LogP contribution in [0.4, 0.5) is 0 Å². The largest absolute Gasteiger partial charge is 0.346 e. The number of nitrogens with one attached hydrogen (secondary N) is 2. The minimum Gasteiger partial charge on any atom is -0.346 e. The van der Waals surface area contributed by atoms with Crippen LogP contribution in [0.1, 0.15) is 21.7 Å². The van der Waals surface area contributed by atoms with Gasteiger partial charge in [-0.3, -0.25) is 9.78 Å². The molecule has 0 aliphatic carbocycles. The summed E-state index contributed by atoms with van der Waals surface area (Å²) in [5, 5.41) is 2.76. The molecule has 0 spiro atoms. The zero-order valence-electron chi connectivity index (χ0n) is 13.3. The molecule has 0 saturated carbocycles. The Morgan fingerprint density at radius 3 is 2.54 bits per heavy atom. The Morgan fingerprint density at radius 2 is 1.92 bits per heavy atom. The highest BCUT2D eigenvalue weighted by Crippen LogP contribution is 2.10. The third-order valence-corrected chi connectivity index (χ3v) is 4.66. The number of carbonyl (C=O) groups is 1. The summed E-state index contributed by atoms with van der Waals surface area (Å²) in [6.45, 7) is 5.79. The van der Waals surface area contributed by atoms with E-state index >= 15 is 0 Å². The Labute approximate surface area is 141 Å². The van der Waals surface area contributed by atoms with Crippen LogP contribution < -0.4 is 10.0 Å². The number of sulfonamides is 1. The van der Waals surface area contributed by atoms with Crippen LogP contribution in [-0.2, 0) is 16.6 Å². The Balaban J connectivity index is 2.02. The number of amides is 1. The van der Waals surface area contributed by atoms with Crippen molar-refractivity contribution in [3.63, 3.8) is 0 Å². The summed E-state index contributed by atoms with van der Waals surface area (Å²) in [6.07, 6.45) is 1.46. The molecule has 2 N–H and O–H groups in total. The van der Waals surface area contributed by atoms with Gasteiger partial charge in [0.05, 0.1) is 17.1 Å². The SMILES string of the molecule is C=CCNS(=O)(=O)c1ccc(C(=O)NCc2cccc(C)n2)cc1. The summed E-state index contributed by atoms with van der Waals surface area (Å²) in [6, 6.07) is 11.3. The van der Waals surface area contributed by atoms with Crippen LogP contribution in [0.3, 0.4) is 0 Å². The number of nitrogens with zero attached hydrogens (tertiary/aromatic N) is 1. The lowest BCUT2D eigenvalue weighted by Crippen LogP contribution is -2.25. The van der Waals surface area contributed by atoms with Gasteiger partial charge in [0.2, 0.25) is 10.0 Å². The highest BCUT2D eigenvalue weighted by atomic mass is 32.2. The van der Waals surface area contributed by atoms with E-state index in [1.54, 1.807) is 0 Å². The molecule has 1 aromatic carbocycles. The summed E-state index contributed by atoms with van der Waals surface area (Å²) in [4.78, 5) is 16.5. The number of carbonyl (C=O) groups excluding carboxylic acids is 1. The van der Waals surface area contributed by atoms with E-state index in [1.165, 1.54) is 30.3 Å². The lowest BCUT2D eigenvalue weighted by Gasteiger charge is -2.07. The first kappa shape index (κ1) is 17.8. The Hall–Kier alpha value is -2.51. The molecular formula is C17H19N3O3S. The van der Waals surface area contributed by atoms with Crippen molar-refractivity contribution in [1.82, 2.24) is 15.0 Å². The smallest absolute Gasteiger partial charge is 0.251 e. The fraction of sp³-hybridized carbons (Fsp3) is 0.176. The zero-order chi connectivity index (χ0) is 17.6. The first-order valence-corrected chi connectivity index (χ1v) is 8.82. The monoisotopic (exact) mass is 345 g/mol. The number of aryl methyl sites for hydroxylation is 1. The fourth-order valence-corrected chi connectivity index (χ4v) is 3.01. The van der Waals surface area contributed by atoms with Crippen molar-refractivity contribution in [1.29, 1.82) is 0 Å². The second kappa shape index (κ2) is 7.85. The molecule has 0 bridgehead atoms. The highest BCUT2D eigenvalue weighted by molar-refractivity contribution is 7.89. The first-order chi connectivity index (χ1) is 11.4. The maximum absolute atomic E-state index is 12.1. The summed E-state index contributed by atoms with van der Waals surface area (Å²) >= 11 is 0. The van der Waals surface area contributed by atoms with Crippen molar-refractivity contribution in [2.45, 2.75) is 18.4 Å². The third kappa shape index (κ3) is 4.74. The standard InChI is InChI=1S/C17H19N3O3S/c1-3-11-19-24(22,23)16-9-7-14(8-10-16)17(21)18-12-15-6-4-5-13(2)20-15/h3-10,19H,1,11-12H2,2H3,(H,18,21). The number of aromatic nitrogens is 1. The van der Waals surface area contributed by atoms with Crippen LogP contribution in [0.25, 0.3) is 0 Å². The van der Waals surface area contributed by atoms with Crippen molar-refractivity contribution >= 4 is 15.9 Å². The van der Waals surface area contributed by atoms with Crippen LogP contribution in [0.15, 0.2) is 60.0 Å². The van der Waals surface area contributed by atoms with Gasteiger partial charge in [0.25, 0.3) is 5.91 Å². The van der Waals surface area contributed by atoms with E-state index in [4.69, 9.17) is 0 Å². The van der Waals surface area contributed by atoms with Gasteiger partial charge in [-0.1, -0.05) is 12.1 Å². The van der Waals surface area contributed by atoms with Crippen LogP contribution in [-0.4, -0.2) is 25.9 Å². The molecule has 0 atom stereocenters. The van der Waals surface area contributed by atoms with Gasteiger partial charge in [-0.05, 0) is 43.3 Å². The molecule has 24 heavy (non-hydrogen) atoms. The van der Waals surface area contributed by atoms with Gasteiger partial charge < -0.3 is 5.32 Å². The molecule has 0 saturated heterocycles. The third-order valence-electron chi connectivity index (χ3n) is 3.22. The maximum atomic E-state index is 12.1. The molecule has 126 valence electrons. The summed E-state index contributed by atoms with van der Waals surface area (Å²) in [5.41, 5.74) is 2.02. The van der Waals surface area contributed by atoms with Crippen LogP contribution in [0.2, 0.25) is 0 Å². The summed E-state index contributed by atoms with van der Waals surface area (Å²) in [5.74, 6) is -0.290. The Kier molecular flexibility index (Phi) is 5.83. The minimum absolute atomic E-state index is 0.0984. The molecular weight excluding hydrogens is 326 g/mol. The number of pyridine rings is 1. The van der Waals surface area contributed by atoms with Crippen LogP contribution in [0, 0.1) is 6.92 Å². The van der Waals surface area contributed by atoms with Crippen molar-refractivity contribution < 1.29 is 13.2 Å². The predicted molar refractivity (Wildman–Crippen MR) is 92.0 cm³/mol. The second-order valence-corrected chi connectivity index (χ2v) is 6.88. The maximum Gasteiger partial charge on any atom is 0.251 e. The average molecular weight is 345 g/mol. The molecule has 6 nitrogen and oxygen atoms in total. The lowest BCUT2D eigenvalue weighted by atomic mass is 10.2. The topological polar surface area (TPSA) is 88.2 Å². The summed E-state index contributed by atoms with van der Waals surface area (Å²) < 4.78 is 26.3. The number of benzene rings is 1. The molecule has 2 aromatic rings. The number of hydrogen-bond donors (Lipinski definition) is 2. The number of hydrogen-bond acceptors (Lipinski definition) is 4. The van der Waals surface area contributed by atoms with Gasteiger partial charge >= 0.3 is 0 Å². The predicted octanol–water partition coefficient (Wildman–Crippen LogP) is 1.78. The van der Waals surface area contributed by atoms with E-state index in [2.05, 4.69) is 21.6 Å². The van der Waals surface area contributed by atoms with Crippen molar-refractivity contribution in [3.05, 3.63) is 72.1 Å². The van der Waals surface area contributed by atoms with Gasteiger partial charge in [-0.2, -0.15) is 0 Å². The van der Waals surface area contributed by atoms with Gasteiger partial charge in [0.15, 0.2) is 0 Å². The normalized spacial score (nSPS) is 11.0. The molecule has 0 fully saturated rings. The van der Waals surface area contributed by atoms with Crippen molar-refractivity contribution in [2.24, 2.45) is 0 Å². The fourth-order valence-electron chi connectivity index (χ4n) is 2.01. The lowest BCUT2D eigenvalue weighted by molar-refractivity contribution is 0.0950. The molecule has 0 aliphatic rings. The number of rotatable bonds is 7. The molecule has 1 amide bonds. The zero-order valence-corrected chi connectivity index (χ0v) is 14.1. The van der Waals surface area contributed by atoms with E-state index in [9.17, 15) is 13.2 Å². The van der Waals surface area contributed by atoms with Gasteiger partial charge in [-0.25, -0.2) is 13.1 Å². The minimum atomic E-state index is -3.59. The van der Waals surface area contributed by atoms with E-state index in [0.717, 1.165) is 11.4 Å². The Bertz CT molecular complexity index is 830. The second-order valence-electron chi connectivity index (χ2n) is 5.12. The first-order valence-electron chi connectivity index (χ1n) is 7.34. The molecule has 0 unspecified atom stereocenters. The van der Waals surface area contributed by atoms with Crippen molar-refractivity contribution in [2.75, 3.05) is 6.54 Å². The Morgan fingerprint density at radius 1 is 1.21 bits per heavy atom. The van der Waals surface area contributed by atoms with E-state index in [1.807, 2.05) is 25.1 Å². The van der Waals surface area contributed by atoms with E-state index in [0.29, 0.717) is 12.1 Å². The van der Waals surface area contributed by atoms with Gasteiger partial charge in [0.1, 0.15) is 0 Å². The summed E-state index contributed by atoms with van der Waals surface area (Å²) in [7, 11) is -3.59. The van der Waals surface area contributed by atoms with E-state index < -0.39 is 10.0 Å². The average Bonchev–Trinajstić information content (AvgIpc) is 2.58. The molecule has 1 aromatic heterocycles. The van der Waals surface area contributed by atoms with Crippen molar-refractivity contribution in [3.8, 4) is 0 Å².